The molecule has 106 valence electrons. The molecule has 2 N–H and O–H groups in total. The minimum absolute atomic E-state index is 0.148. The maximum atomic E-state index is 13.3. The van der Waals surface area contributed by atoms with Crippen molar-refractivity contribution in [1.29, 1.82) is 0 Å². The van der Waals surface area contributed by atoms with E-state index in [1.807, 2.05) is 6.92 Å². The van der Waals surface area contributed by atoms with E-state index in [0.717, 1.165) is 25.2 Å². The average molecular weight is 266 g/mol. The van der Waals surface area contributed by atoms with E-state index in [9.17, 15) is 4.39 Å². The van der Waals surface area contributed by atoms with Crippen LogP contribution in [-0.2, 0) is 0 Å². The molecule has 0 radical (unpaired) electrons. The van der Waals surface area contributed by atoms with Gasteiger partial charge in [0, 0.05) is 24.2 Å². The molecule has 0 amide bonds. The lowest BCUT2D eigenvalue weighted by molar-refractivity contribution is 0.182. The number of ether oxygens (including phenoxy) is 1. The SMILES string of the molecule is C[C@H](N)c1ccc(F)cc1OCCN1CCCCC1. The summed E-state index contributed by atoms with van der Waals surface area (Å²) in [7, 11) is 0. The van der Waals surface area contributed by atoms with Crippen LogP contribution in [0.1, 0.15) is 37.8 Å². The van der Waals surface area contributed by atoms with Crippen molar-refractivity contribution in [1.82, 2.24) is 4.90 Å². The number of benzene rings is 1. The van der Waals surface area contributed by atoms with E-state index in [4.69, 9.17) is 10.5 Å². The van der Waals surface area contributed by atoms with Crippen LogP contribution in [0, 0.1) is 5.82 Å². The number of halogens is 1. The lowest BCUT2D eigenvalue weighted by Gasteiger charge is -2.26. The van der Waals surface area contributed by atoms with E-state index in [0.29, 0.717) is 12.4 Å². The normalized spacial score (nSPS) is 18.3. The van der Waals surface area contributed by atoms with Crippen LogP contribution in [0.5, 0.6) is 5.75 Å². The van der Waals surface area contributed by atoms with Gasteiger partial charge in [-0.25, -0.2) is 4.39 Å². The monoisotopic (exact) mass is 266 g/mol. The molecule has 1 fully saturated rings. The molecule has 4 heteroatoms. The Morgan fingerprint density at radius 3 is 2.74 bits per heavy atom. The molecular formula is C15H23FN2O. The predicted octanol–water partition coefficient (Wildman–Crippen LogP) is 2.71. The molecule has 2 rings (SSSR count). The predicted molar refractivity (Wildman–Crippen MR) is 74.8 cm³/mol. The highest BCUT2D eigenvalue weighted by molar-refractivity contribution is 5.36. The van der Waals surface area contributed by atoms with Gasteiger partial charge in [-0.05, 0) is 38.9 Å². The molecule has 0 bridgehead atoms. The Hall–Kier alpha value is -1.13. The van der Waals surface area contributed by atoms with E-state index >= 15 is 0 Å². The van der Waals surface area contributed by atoms with Gasteiger partial charge in [0.05, 0.1) is 0 Å². The Morgan fingerprint density at radius 1 is 1.32 bits per heavy atom. The van der Waals surface area contributed by atoms with Crippen molar-refractivity contribution in [2.24, 2.45) is 5.73 Å². The molecule has 1 heterocycles. The zero-order valence-electron chi connectivity index (χ0n) is 11.6. The quantitative estimate of drug-likeness (QED) is 0.890. The fraction of sp³-hybridized carbons (Fsp3) is 0.600. The fourth-order valence-corrected chi connectivity index (χ4v) is 2.48. The molecule has 1 saturated heterocycles. The second kappa shape index (κ2) is 6.87. The Balaban J connectivity index is 1.89. The summed E-state index contributed by atoms with van der Waals surface area (Å²) in [6.07, 6.45) is 3.87. The first-order chi connectivity index (χ1) is 9.16. The molecule has 3 nitrogen and oxygen atoms in total. The maximum Gasteiger partial charge on any atom is 0.127 e. The number of hydrogen-bond donors (Lipinski definition) is 1. The highest BCUT2D eigenvalue weighted by atomic mass is 19.1. The van der Waals surface area contributed by atoms with E-state index < -0.39 is 0 Å². The first-order valence-electron chi connectivity index (χ1n) is 7.07. The topological polar surface area (TPSA) is 38.5 Å². The summed E-state index contributed by atoms with van der Waals surface area (Å²) < 4.78 is 19.0. The molecule has 0 aliphatic carbocycles. The Labute approximate surface area is 114 Å². The van der Waals surface area contributed by atoms with Crippen molar-refractivity contribution in [3.63, 3.8) is 0 Å². The summed E-state index contributed by atoms with van der Waals surface area (Å²) in [4.78, 5) is 2.40. The summed E-state index contributed by atoms with van der Waals surface area (Å²) in [5, 5.41) is 0. The summed E-state index contributed by atoms with van der Waals surface area (Å²) in [5.41, 5.74) is 6.73. The zero-order valence-corrected chi connectivity index (χ0v) is 11.6. The van der Waals surface area contributed by atoms with Crippen LogP contribution in [0.25, 0.3) is 0 Å². The van der Waals surface area contributed by atoms with Crippen LogP contribution in [0.2, 0.25) is 0 Å². The number of likely N-dealkylation sites (tertiary alicyclic amines) is 1. The molecule has 0 spiro atoms. The van der Waals surface area contributed by atoms with Crippen molar-refractivity contribution >= 4 is 0 Å². The molecular weight excluding hydrogens is 243 g/mol. The van der Waals surface area contributed by atoms with Crippen molar-refractivity contribution < 1.29 is 9.13 Å². The van der Waals surface area contributed by atoms with Crippen LogP contribution in [0.3, 0.4) is 0 Å². The summed E-state index contributed by atoms with van der Waals surface area (Å²) in [6.45, 7) is 5.65. The van der Waals surface area contributed by atoms with E-state index in [-0.39, 0.29) is 11.9 Å². The third-order valence-corrected chi connectivity index (χ3v) is 3.58. The molecule has 19 heavy (non-hydrogen) atoms. The van der Waals surface area contributed by atoms with Crippen LogP contribution < -0.4 is 10.5 Å². The third-order valence-electron chi connectivity index (χ3n) is 3.58. The lowest BCUT2D eigenvalue weighted by atomic mass is 10.1. The number of hydrogen-bond acceptors (Lipinski definition) is 3. The largest absolute Gasteiger partial charge is 0.492 e. The summed E-state index contributed by atoms with van der Waals surface area (Å²) in [5.74, 6) is 0.296. The third kappa shape index (κ3) is 4.18. The van der Waals surface area contributed by atoms with Gasteiger partial charge in [-0.2, -0.15) is 0 Å². The first kappa shape index (κ1) is 14.3. The average Bonchev–Trinajstić information content (AvgIpc) is 2.39. The minimum atomic E-state index is -0.280. The van der Waals surface area contributed by atoms with Crippen molar-refractivity contribution in [3.8, 4) is 5.75 Å². The number of nitrogens with zero attached hydrogens (tertiary/aromatic N) is 1. The van der Waals surface area contributed by atoms with Crippen LogP contribution in [0.15, 0.2) is 18.2 Å². The molecule has 0 unspecified atom stereocenters. The second-order valence-electron chi connectivity index (χ2n) is 5.22. The number of rotatable bonds is 5. The summed E-state index contributed by atoms with van der Waals surface area (Å²) in [6, 6.07) is 4.41. The zero-order chi connectivity index (χ0) is 13.7. The molecule has 1 aliphatic rings. The maximum absolute atomic E-state index is 13.3. The van der Waals surface area contributed by atoms with Gasteiger partial charge in [0.15, 0.2) is 0 Å². The molecule has 1 aliphatic heterocycles. The van der Waals surface area contributed by atoms with Gasteiger partial charge in [0.1, 0.15) is 18.2 Å². The van der Waals surface area contributed by atoms with Gasteiger partial charge in [-0.1, -0.05) is 12.5 Å². The fourth-order valence-electron chi connectivity index (χ4n) is 2.48. The van der Waals surface area contributed by atoms with E-state index in [1.54, 1.807) is 6.07 Å². The molecule has 0 saturated carbocycles. The highest BCUT2D eigenvalue weighted by Crippen LogP contribution is 2.24. The Bertz CT molecular complexity index is 403. The van der Waals surface area contributed by atoms with Gasteiger partial charge in [-0.3, -0.25) is 4.90 Å². The van der Waals surface area contributed by atoms with Crippen LogP contribution in [-0.4, -0.2) is 31.1 Å². The van der Waals surface area contributed by atoms with Crippen molar-refractivity contribution in [3.05, 3.63) is 29.6 Å². The van der Waals surface area contributed by atoms with E-state index in [1.165, 1.54) is 31.4 Å². The lowest BCUT2D eigenvalue weighted by Crippen LogP contribution is -2.33. The second-order valence-corrected chi connectivity index (χ2v) is 5.22. The standard InChI is InChI=1S/C15H23FN2O/c1-12(17)14-6-5-13(16)11-15(14)19-10-9-18-7-3-2-4-8-18/h5-6,11-12H,2-4,7-10,17H2,1H3/t12-/m0/s1. The highest BCUT2D eigenvalue weighted by Gasteiger charge is 2.12. The first-order valence-corrected chi connectivity index (χ1v) is 7.07. The van der Waals surface area contributed by atoms with Gasteiger partial charge in [0.25, 0.3) is 0 Å². The molecule has 1 aromatic rings. The minimum Gasteiger partial charge on any atom is -0.492 e. The molecule has 0 aromatic heterocycles. The number of piperidine rings is 1. The molecule has 1 aromatic carbocycles. The molecule has 1 atom stereocenters. The van der Waals surface area contributed by atoms with Crippen LogP contribution in [0.4, 0.5) is 4.39 Å². The smallest absolute Gasteiger partial charge is 0.127 e. The number of nitrogens with two attached hydrogens (primary N) is 1. The van der Waals surface area contributed by atoms with Gasteiger partial charge in [0.2, 0.25) is 0 Å². The Kier molecular flexibility index (Phi) is 5.16. The van der Waals surface area contributed by atoms with Crippen molar-refractivity contribution in [2.75, 3.05) is 26.2 Å². The van der Waals surface area contributed by atoms with Crippen molar-refractivity contribution in [2.45, 2.75) is 32.2 Å². The van der Waals surface area contributed by atoms with Gasteiger partial charge < -0.3 is 10.5 Å². The van der Waals surface area contributed by atoms with Gasteiger partial charge in [-0.15, -0.1) is 0 Å². The van der Waals surface area contributed by atoms with Gasteiger partial charge >= 0.3 is 0 Å². The van der Waals surface area contributed by atoms with E-state index in [2.05, 4.69) is 4.90 Å². The van der Waals surface area contributed by atoms with Crippen LogP contribution >= 0.6 is 0 Å². The summed E-state index contributed by atoms with van der Waals surface area (Å²) >= 11 is 0. The Morgan fingerprint density at radius 2 is 2.05 bits per heavy atom.